The van der Waals surface area contributed by atoms with Crippen molar-refractivity contribution in [1.29, 1.82) is 5.26 Å². The number of amides is 1. The highest BCUT2D eigenvalue weighted by molar-refractivity contribution is 6.04. The summed E-state index contributed by atoms with van der Waals surface area (Å²) in [5.74, 6) is -1.71. The Labute approximate surface area is 118 Å². The Morgan fingerprint density at radius 3 is 2.43 bits per heavy atom. The molecule has 7 heteroatoms. The van der Waals surface area contributed by atoms with Gasteiger partial charge in [-0.25, -0.2) is 4.39 Å². The van der Waals surface area contributed by atoms with Gasteiger partial charge in [-0.1, -0.05) is 0 Å². The van der Waals surface area contributed by atoms with E-state index in [0.717, 1.165) is 12.1 Å². The number of benzene rings is 2. The van der Waals surface area contributed by atoms with E-state index in [9.17, 15) is 19.3 Å². The summed E-state index contributed by atoms with van der Waals surface area (Å²) in [6, 6.07) is 10.7. The molecule has 0 aromatic heterocycles. The molecule has 2 rings (SSSR count). The third kappa shape index (κ3) is 3.19. The number of carbonyl (C=O) groups excluding carboxylic acids is 1. The van der Waals surface area contributed by atoms with Crippen molar-refractivity contribution >= 4 is 17.3 Å². The molecule has 0 aliphatic heterocycles. The summed E-state index contributed by atoms with van der Waals surface area (Å²) in [6.07, 6.45) is 0. The second kappa shape index (κ2) is 5.79. The number of carbonyl (C=O) groups is 1. The SMILES string of the molecule is N#Cc1ccc(NC(=O)c2ccc([N+](=O)[O-])cc2F)cc1. The number of nitrogens with one attached hydrogen (secondary N) is 1. The van der Waals surface area contributed by atoms with Crippen LogP contribution >= 0.6 is 0 Å². The van der Waals surface area contributed by atoms with Gasteiger partial charge in [-0.3, -0.25) is 14.9 Å². The molecule has 0 atom stereocenters. The van der Waals surface area contributed by atoms with Crippen LogP contribution in [0.4, 0.5) is 15.8 Å². The maximum Gasteiger partial charge on any atom is 0.272 e. The molecular formula is C14H8FN3O3. The lowest BCUT2D eigenvalue weighted by atomic mass is 10.1. The first kappa shape index (κ1) is 14.1. The fraction of sp³-hybridized carbons (Fsp3) is 0. The quantitative estimate of drug-likeness (QED) is 0.692. The summed E-state index contributed by atoms with van der Waals surface area (Å²) >= 11 is 0. The molecule has 1 N–H and O–H groups in total. The number of hydrogen-bond donors (Lipinski definition) is 1. The molecule has 0 saturated carbocycles. The van der Waals surface area contributed by atoms with Gasteiger partial charge in [-0.15, -0.1) is 0 Å². The Balaban J connectivity index is 2.20. The molecule has 0 spiro atoms. The molecule has 21 heavy (non-hydrogen) atoms. The van der Waals surface area contributed by atoms with Crippen LogP contribution in [0.25, 0.3) is 0 Å². The van der Waals surface area contributed by atoms with Gasteiger partial charge in [0.2, 0.25) is 0 Å². The van der Waals surface area contributed by atoms with E-state index in [4.69, 9.17) is 5.26 Å². The van der Waals surface area contributed by atoms with Crippen LogP contribution in [0.2, 0.25) is 0 Å². The molecule has 2 aromatic rings. The fourth-order valence-corrected chi connectivity index (χ4v) is 1.63. The Kier molecular flexibility index (Phi) is 3.90. The summed E-state index contributed by atoms with van der Waals surface area (Å²) in [6.45, 7) is 0. The van der Waals surface area contributed by atoms with Crippen LogP contribution in [0.3, 0.4) is 0 Å². The van der Waals surface area contributed by atoms with Gasteiger partial charge in [0.1, 0.15) is 5.82 Å². The highest BCUT2D eigenvalue weighted by Gasteiger charge is 2.16. The van der Waals surface area contributed by atoms with Crippen molar-refractivity contribution in [2.45, 2.75) is 0 Å². The minimum absolute atomic E-state index is 0.301. The number of non-ortho nitro benzene ring substituents is 1. The van der Waals surface area contributed by atoms with Crippen molar-refractivity contribution in [3.05, 3.63) is 69.5 Å². The number of nitro groups is 1. The summed E-state index contributed by atoms with van der Waals surface area (Å²) in [5.41, 5.74) is 0.0821. The highest BCUT2D eigenvalue weighted by atomic mass is 19.1. The fourth-order valence-electron chi connectivity index (χ4n) is 1.63. The first-order chi connectivity index (χ1) is 10.0. The summed E-state index contributed by atoms with van der Waals surface area (Å²) in [5, 5.41) is 21.6. The van der Waals surface area contributed by atoms with E-state index in [0.29, 0.717) is 17.3 Å². The number of halogens is 1. The van der Waals surface area contributed by atoms with Crippen LogP contribution in [-0.4, -0.2) is 10.8 Å². The molecule has 2 aromatic carbocycles. The van der Waals surface area contributed by atoms with E-state index in [1.54, 1.807) is 0 Å². The van der Waals surface area contributed by atoms with Crippen molar-refractivity contribution in [2.75, 3.05) is 5.32 Å². The zero-order chi connectivity index (χ0) is 15.4. The minimum atomic E-state index is -0.977. The van der Waals surface area contributed by atoms with Crippen LogP contribution in [0.5, 0.6) is 0 Å². The third-order valence-electron chi connectivity index (χ3n) is 2.68. The molecular weight excluding hydrogens is 277 g/mol. The Hall–Kier alpha value is -3.27. The number of anilines is 1. The number of nitro benzene ring substituents is 1. The first-order valence-corrected chi connectivity index (χ1v) is 5.76. The van der Waals surface area contributed by atoms with Gasteiger partial charge >= 0.3 is 0 Å². The average molecular weight is 285 g/mol. The summed E-state index contributed by atoms with van der Waals surface area (Å²) in [4.78, 5) is 21.6. The smallest absolute Gasteiger partial charge is 0.272 e. The normalized spacial score (nSPS) is 9.71. The molecule has 6 nitrogen and oxygen atoms in total. The summed E-state index contributed by atoms with van der Waals surface area (Å²) < 4.78 is 13.7. The van der Waals surface area contributed by atoms with Gasteiger partial charge in [-0.2, -0.15) is 5.26 Å². The van der Waals surface area contributed by atoms with Gasteiger partial charge in [-0.05, 0) is 30.3 Å². The lowest BCUT2D eigenvalue weighted by Gasteiger charge is -2.06. The molecule has 0 unspecified atom stereocenters. The average Bonchev–Trinajstić information content (AvgIpc) is 2.47. The topological polar surface area (TPSA) is 96.0 Å². The van der Waals surface area contributed by atoms with E-state index < -0.39 is 22.3 Å². The molecule has 0 bridgehead atoms. The molecule has 0 saturated heterocycles. The van der Waals surface area contributed by atoms with Crippen molar-refractivity contribution in [1.82, 2.24) is 0 Å². The Morgan fingerprint density at radius 1 is 1.24 bits per heavy atom. The lowest BCUT2D eigenvalue weighted by Crippen LogP contribution is -2.13. The van der Waals surface area contributed by atoms with Crippen LogP contribution in [0.15, 0.2) is 42.5 Å². The van der Waals surface area contributed by atoms with Crippen molar-refractivity contribution < 1.29 is 14.1 Å². The van der Waals surface area contributed by atoms with E-state index >= 15 is 0 Å². The maximum absolute atomic E-state index is 13.7. The molecule has 0 heterocycles. The standard InChI is InChI=1S/C14H8FN3O3/c15-13-7-11(18(20)21)5-6-12(13)14(19)17-10-3-1-9(8-16)2-4-10/h1-7H,(H,17,19). The number of rotatable bonds is 3. The Morgan fingerprint density at radius 2 is 1.90 bits per heavy atom. The lowest BCUT2D eigenvalue weighted by molar-refractivity contribution is -0.385. The van der Waals surface area contributed by atoms with Gasteiger partial charge in [0.05, 0.1) is 28.2 Å². The highest BCUT2D eigenvalue weighted by Crippen LogP contribution is 2.18. The van der Waals surface area contributed by atoms with Crippen molar-refractivity contribution in [2.24, 2.45) is 0 Å². The third-order valence-corrected chi connectivity index (χ3v) is 2.68. The van der Waals surface area contributed by atoms with Crippen LogP contribution < -0.4 is 5.32 Å². The predicted octanol–water partition coefficient (Wildman–Crippen LogP) is 2.86. The molecule has 1 amide bonds. The monoisotopic (exact) mass is 285 g/mol. The van der Waals surface area contributed by atoms with Crippen molar-refractivity contribution in [3.63, 3.8) is 0 Å². The largest absolute Gasteiger partial charge is 0.322 e. The number of nitriles is 1. The Bertz CT molecular complexity index is 751. The van der Waals surface area contributed by atoms with E-state index in [1.165, 1.54) is 24.3 Å². The second-order valence-electron chi connectivity index (χ2n) is 4.06. The van der Waals surface area contributed by atoms with E-state index in [1.807, 2.05) is 6.07 Å². The number of nitrogens with zero attached hydrogens (tertiary/aromatic N) is 2. The first-order valence-electron chi connectivity index (χ1n) is 5.76. The zero-order valence-electron chi connectivity index (χ0n) is 10.5. The molecule has 0 fully saturated rings. The maximum atomic E-state index is 13.7. The predicted molar refractivity (Wildman–Crippen MR) is 72.2 cm³/mol. The van der Waals surface area contributed by atoms with Crippen LogP contribution in [0, 0.1) is 27.3 Å². The van der Waals surface area contributed by atoms with Crippen molar-refractivity contribution in [3.8, 4) is 6.07 Å². The molecule has 0 aliphatic rings. The minimum Gasteiger partial charge on any atom is -0.322 e. The van der Waals surface area contributed by atoms with Crippen LogP contribution in [-0.2, 0) is 0 Å². The van der Waals surface area contributed by atoms with Gasteiger partial charge in [0.15, 0.2) is 0 Å². The molecule has 0 radical (unpaired) electrons. The number of hydrogen-bond acceptors (Lipinski definition) is 4. The molecule has 0 aliphatic carbocycles. The van der Waals surface area contributed by atoms with E-state index in [-0.39, 0.29) is 5.56 Å². The van der Waals surface area contributed by atoms with E-state index in [2.05, 4.69) is 5.32 Å². The van der Waals surface area contributed by atoms with Gasteiger partial charge < -0.3 is 5.32 Å². The second-order valence-corrected chi connectivity index (χ2v) is 4.06. The van der Waals surface area contributed by atoms with Gasteiger partial charge in [0, 0.05) is 11.8 Å². The molecule has 104 valence electrons. The van der Waals surface area contributed by atoms with Gasteiger partial charge in [0.25, 0.3) is 11.6 Å². The van der Waals surface area contributed by atoms with Crippen LogP contribution in [0.1, 0.15) is 15.9 Å². The summed E-state index contributed by atoms with van der Waals surface area (Å²) in [7, 11) is 0. The zero-order valence-corrected chi connectivity index (χ0v) is 10.5.